The molecule has 1 aliphatic rings. The largest absolute Gasteiger partial charge is 0.496 e. The maximum atomic E-state index is 13.1. The molecular formula is C20H23NO2. The molecule has 3 rings (SSSR count). The van der Waals surface area contributed by atoms with Crippen LogP contribution < -0.4 is 10.1 Å². The number of ether oxygens (including phenoxy) is 1. The number of anilines is 1. The van der Waals surface area contributed by atoms with Gasteiger partial charge in [-0.25, -0.2) is 0 Å². The number of hydrogen-bond acceptors (Lipinski definition) is 2. The van der Waals surface area contributed by atoms with Crippen molar-refractivity contribution in [3.05, 3.63) is 59.2 Å². The number of methoxy groups -OCH3 is 1. The van der Waals surface area contributed by atoms with Crippen LogP contribution in [0.2, 0.25) is 0 Å². The summed E-state index contributed by atoms with van der Waals surface area (Å²) in [5, 5.41) is 3.15. The molecule has 3 heteroatoms. The topological polar surface area (TPSA) is 38.3 Å². The molecule has 1 N–H and O–H groups in total. The Kier molecular flexibility index (Phi) is 4.12. The third kappa shape index (κ3) is 2.72. The molecule has 0 atom stereocenters. The van der Waals surface area contributed by atoms with Crippen molar-refractivity contribution >= 4 is 11.6 Å². The van der Waals surface area contributed by atoms with E-state index in [4.69, 9.17) is 4.74 Å². The lowest BCUT2D eigenvalue weighted by Gasteiger charge is -2.41. The van der Waals surface area contributed by atoms with E-state index in [0.29, 0.717) is 0 Å². The zero-order chi connectivity index (χ0) is 16.4. The number of hydrogen-bond donors (Lipinski definition) is 1. The summed E-state index contributed by atoms with van der Waals surface area (Å²) in [5.41, 5.74) is 3.65. The first-order valence-electron chi connectivity index (χ1n) is 8.09. The molecule has 0 unspecified atom stereocenters. The Morgan fingerprint density at radius 2 is 1.87 bits per heavy atom. The van der Waals surface area contributed by atoms with Crippen LogP contribution >= 0.6 is 0 Å². The Balaban J connectivity index is 1.94. The molecule has 1 aliphatic carbocycles. The van der Waals surface area contributed by atoms with E-state index in [1.165, 1.54) is 0 Å². The second-order valence-corrected chi connectivity index (χ2v) is 6.41. The van der Waals surface area contributed by atoms with Gasteiger partial charge in [-0.1, -0.05) is 36.8 Å². The molecular weight excluding hydrogens is 286 g/mol. The van der Waals surface area contributed by atoms with Crippen LogP contribution in [-0.4, -0.2) is 13.0 Å². The number of nitrogens with one attached hydrogen (secondary N) is 1. The van der Waals surface area contributed by atoms with Gasteiger partial charge < -0.3 is 10.1 Å². The lowest BCUT2D eigenvalue weighted by molar-refractivity contribution is -0.124. The van der Waals surface area contributed by atoms with Crippen LogP contribution in [0.1, 0.15) is 36.0 Å². The molecule has 0 aliphatic heterocycles. The van der Waals surface area contributed by atoms with Crippen LogP contribution in [0.3, 0.4) is 0 Å². The number of carbonyl (C=O) groups excluding carboxylic acids is 1. The van der Waals surface area contributed by atoms with Crippen LogP contribution in [0.4, 0.5) is 5.69 Å². The highest BCUT2D eigenvalue weighted by atomic mass is 16.5. The number of rotatable bonds is 4. The van der Waals surface area contributed by atoms with Gasteiger partial charge in [-0.15, -0.1) is 0 Å². The van der Waals surface area contributed by atoms with Crippen molar-refractivity contribution in [2.45, 2.75) is 38.5 Å². The molecule has 0 aromatic heterocycles. The Hall–Kier alpha value is -2.29. The molecule has 1 saturated carbocycles. The van der Waals surface area contributed by atoms with Crippen LogP contribution in [0.5, 0.6) is 5.75 Å². The summed E-state index contributed by atoms with van der Waals surface area (Å²) in [4.78, 5) is 13.1. The van der Waals surface area contributed by atoms with Crippen molar-refractivity contribution in [2.24, 2.45) is 0 Å². The van der Waals surface area contributed by atoms with E-state index in [2.05, 4.69) is 11.4 Å². The number of carbonyl (C=O) groups is 1. The van der Waals surface area contributed by atoms with Crippen LogP contribution in [0.25, 0.3) is 0 Å². The minimum Gasteiger partial charge on any atom is -0.496 e. The normalized spacial score (nSPS) is 15.6. The van der Waals surface area contributed by atoms with E-state index >= 15 is 0 Å². The summed E-state index contributed by atoms with van der Waals surface area (Å²) < 4.78 is 5.49. The molecule has 0 radical (unpaired) electrons. The van der Waals surface area contributed by atoms with Crippen molar-refractivity contribution in [3.63, 3.8) is 0 Å². The molecule has 120 valence electrons. The second kappa shape index (κ2) is 6.07. The van der Waals surface area contributed by atoms with Gasteiger partial charge in [0, 0.05) is 11.3 Å². The highest BCUT2D eigenvalue weighted by Gasteiger charge is 2.47. The maximum Gasteiger partial charge on any atom is 0.235 e. The van der Waals surface area contributed by atoms with Crippen LogP contribution in [-0.2, 0) is 10.2 Å². The number of aryl methyl sites for hydroxylation is 2. The molecule has 0 spiro atoms. The monoisotopic (exact) mass is 309 g/mol. The first kappa shape index (κ1) is 15.6. The van der Waals surface area contributed by atoms with E-state index in [9.17, 15) is 4.79 Å². The average molecular weight is 309 g/mol. The average Bonchev–Trinajstić information content (AvgIpc) is 2.50. The Labute approximate surface area is 137 Å². The molecule has 23 heavy (non-hydrogen) atoms. The zero-order valence-corrected chi connectivity index (χ0v) is 14.0. The summed E-state index contributed by atoms with van der Waals surface area (Å²) in [5.74, 6) is 0.866. The van der Waals surface area contributed by atoms with Crippen molar-refractivity contribution in [3.8, 4) is 5.75 Å². The van der Waals surface area contributed by atoms with Crippen LogP contribution in [0.15, 0.2) is 42.5 Å². The van der Waals surface area contributed by atoms with Gasteiger partial charge in [0.25, 0.3) is 0 Å². The number of para-hydroxylation sites is 1. The number of amides is 1. The van der Waals surface area contributed by atoms with E-state index in [-0.39, 0.29) is 5.91 Å². The molecule has 0 saturated heterocycles. The van der Waals surface area contributed by atoms with Gasteiger partial charge in [0.2, 0.25) is 5.91 Å². The molecule has 2 aromatic carbocycles. The second-order valence-electron chi connectivity index (χ2n) is 6.41. The number of benzene rings is 2. The minimum atomic E-state index is -0.469. The van der Waals surface area contributed by atoms with Crippen molar-refractivity contribution in [1.29, 1.82) is 0 Å². The van der Waals surface area contributed by atoms with Gasteiger partial charge >= 0.3 is 0 Å². The molecule has 1 amide bonds. The summed E-state index contributed by atoms with van der Waals surface area (Å²) in [6.07, 6.45) is 2.80. The van der Waals surface area contributed by atoms with E-state index in [1.54, 1.807) is 7.11 Å². The predicted octanol–water partition coefficient (Wildman–Crippen LogP) is 4.37. The van der Waals surface area contributed by atoms with Gasteiger partial charge in [-0.3, -0.25) is 4.79 Å². The van der Waals surface area contributed by atoms with Gasteiger partial charge in [0.1, 0.15) is 5.75 Å². The first-order valence-corrected chi connectivity index (χ1v) is 8.09. The van der Waals surface area contributed by atoms with E-state index in [1.807, 2.05) is 50.2 Å². The minimum absolute atomic E-state index is 0.0713. The predicted molar refractivity (Wildman–Crippen MR) is 93.1 cm³/mol. The molecule has 3 nitrogen and oxygen atoms in total. The first-order chi connectivity index (χ1) is 11.1. The van der Waals surface area contributed by atoms with E-state index in [0.717, 1.165) is 47.4 Å². The summed E-state index contributed by atoms with van der Waals surface area (Å²) in [6, 6.07) is 14.0. The highest BCUT2D eigenvalue weighted by molar-refractivity contribution is 6.00. The van der Waals surface area contributed by atoms with Crippen molar-refractivity contribution in [1.82, 2.24) is 0 Å². The van der Waals surface area contributed by atoms with Crippen LogP contribution in [0, 0.1) is 13.8 Å². The van der Waals surface area contributed by atoms with Crippen molar-refractivity contribution < 1.29 is 9.53 Å². The Morgan fingerprint density at radius 1 is 1.13 bits per heavy atom. The Bertz CT molecular complexity index is 732. The fraction of sp³-hybridized carbons (Fsp3) is 0.350. The fourth-order valence-electron chi connectivity index (χ4n) is 3.30. The molecule has 0 heterocycles. The summed E-state index contributed by atoms with van der Waals surface area (Å²) in [6.45, 7) is 4.06. The highest BCUT2D eigenvalue weighted by Crippen LogP contribution is 2.47. The standard InChI is InChI=1S/C20H23NO2/c1-14-9-10-15(2)17(13-14)21-19(22)20(11-6-12-20)16-7-4-5-8-18(16)23-3/h4-5,7-10,13H,6,11-12H2,1-3H3,(H,21,22). The molecule has 2 aromatic rings. The SMILES string of the molecule is COc1ccccc1C1(C(=O)Nc2cc(C)ccc2C)CCC1. The summed E-state index contributed by atoms with van der Waals surface area (Å²) >= 11 is 0. The van der Waals surface area contributed by atoms with Crippen molar-refractivity contribution in [2.75, 3.05) is 12.4 Å². The van der Waals surface area contributed by atoms with Gasteiger partial charge in [-0.2, -0.15) is 0 Å². The third-order valence-corrected chi connectivity index (χ3v) is 4.91. The van der Waals surface area contributed by atoms with E-state index < -0.39 is 5.41 Å². The lowest BCUT2D eigenvalue weighted by atomic mass is 9.63. The Morgan fingerprint density at radius 3 is 2.52 bits per heavy atom. The smallest absolute Gasteiger partial charge is 0.235 e. The quantitative estimate of drug-likeness (QED) is 0.910. The van der Waals surface area contributed by atoms with Gasteiger partial charge in [-0.05, 0) is 49.9 Å². The van der Waals surface area contributed by atoms with Gasteiger partial charge in [0.05, 0.1) is 12.5 Å². The third-order valence-electron chi connectivity index (χ3n) is 4.91. The zero-order valence-electron chi connectivity index (χ0n) is 14.0. The van der Waals surface area contributed by atoms with Gasteiger partial charge in [0.15, 0.2) is 0 Å². The maximum absolute atomic E-state index is 13.1. The molecule has 0 bridgehead atoms. The lowest BCUT2D eigenvalue weighted by Crippen LogP contribution is -2.46. The summed E-state index contributed by atoms with van der Waals surface area (Å²) in [7, 11) is 1.66. The fourth-order valence-corrected chi connectivity index (χ4v) is 3.30. The molecule has 1 fully saturated rings.